The highest BCUT2D eigenvalue weighted by molar-refractivity contribution is 5.41. The Hall–Kier alpha value is -2.77. The maximum atomic E-state index is 11.8. The fourth-order valence-electron chi connectivity index (χ4n) is 2.14. The first-order chi connectivity index (χ1) is 9.75. The molecule has 0 amide bonds. The number of para-hydroxylation sites is 1. The van der Waals surface area contributed by atoms with E-state index < -0.39 is 0 Å². The van der Waals surface area contributed by atoms with E-state index in [0.717, 1.165) is 23.5 Å². The van der Waals surface area contributed by atoms with Gasteiger partial charge in [0.05, 0.1) is 5.69 Å². The molecule has 20 heavy (non-hydrogen) atoms. The maximum absolute atomic E-state index is 11.8. The van der Waals surface area contributed by atoms with Crippen molar-refractivity contribution < 1.29 is 0 Å². The number of tetrazole rings is 1. The number of nitrogens with one attached hydrogen (secondary N) is 2. The molecular weight excluding hydrogens is 258 g/mol. The molecular formula is C12H13N7O. The molecule has 0 bridgehead atoms. The van der Waals surface area contributed by atoms with E-state index in [2.05, 4.69) is 30.8 Å². The summed E-state index contributed by atoms with van der Waals surface area (Å²) in [6.07, 6.45) is 1.40. The van der Waals surface area contributed by atoms with Gasteiger partial charge in [-0.15, -0.1) is 5.10 Å². The molecule has 0 radical (unpaired) electrons. The van der Waals surface area contributed by atoms with Crippen molar-refractivity contribution in [2.45, 2.75) is 19.8 Å². The van der Waals surface area contributed by atoms with Crippen LogP contribution in [-0.4, -0.2) is 35.4 Å². The zero-order chi connectivity index (χ0) is 13.9. The molecule has 102 valence electrons. The maximum Gasteiger partial charge on any atom is 0.347 e. The Kier molecular flexibility index (Phi) is 3.12. The third kappa shape index (κ3) is 2.22. The monoisotopic (exact) mass is 271 g/mol. The van der Waals surface area contributed by atoms with Crippen LogP contribution >= 0.6 is 0 Å². The first-order valence-electron chi connectivity index (χ1n) is 6.20. The molecule has 3 rings (SSSR count). The quantitative estimate of drug-likeness (QED) is 0.703. The van der Waals surface area contributed by atoms with Crippen LogP contribution in [0.15, 0.2) is 29.1 Å². The highest BCUT2D eigenvalue weighted by Crippen LogP contribution is 2.15. The molecule has 2 aromatic heterocycles. The molecule has 0 fully saturated rings. The van der Waals surface area contributed by atoms with E-state index in [1.54, 1.807) is 11.5 Å². The summed E-state index contributed by atoms with van der Waals surface area (Å²) in [5.41, 5.74) is 1.63. The molecule has 0 aliphatic heterocycles. The van der Waals surface area contributed by atoms with Gasteiger partial charge in [0.1, 0.15) is 11.6 Å². The lowest BCUT2D eigenvalue weighted by Crippen LogP contribution is -2.17. The van der Waals surface area contributed by atoms with Gasteiger partial charge in [0.2, 0.25) is 0 Å². The smallest absolute Gasteiger partial charge is 0.247 e. The molecule has 0 saturated carbocycles. The SMILES string of the molecule is Cc1n[nH]c(=O)n1-c1ccccc1CCc1nnn[nH]1. The Morgan fingerprint density at radius 3 is 2.75 bits per heavy atom. The molecule has 0 aliphatic rings. The Morgan fingerprint density at radius 2 is 2.05 bits per heavy atom. The summed E-state index contributed by atoms with van der Waals surface area (Å²) in [5.74, 6) is 1.35. The van der Waals surface area contributed by atoms with Gasteiger partial charge in [-0.3, -0.25) is 0 Å². The third-order valence-electron chi connectivity index (χ3n) is 3.09. The largest absolute Gasteiger partial charge is 0.347 e. The number of H-pyrrole nitrogens is 2. The van der Waals surface area contributed by atoms with Gasteiger partial charge in [0.25, 0.3) is 0 Å². The highest BCUT2D eigenvalue weighted by atomic mass is 16.1. The van der Waals surface area contributed by atoms with Crippen LogP contribution in [0.4, 0.5) is 0 Å². The number of aryl methyl sites for hydroxylation is 3. The number of rotatable bonds is 4. The minimum absolute atomic E-state index is 0.240. The van der Waals surface area contributed by atoms with Crippen molar-refractivity contribution in [3.8, 4) is 5.69 Å². The zero-order valence-corrected chi connectivity index (χ0v) is 10.9. The van der Waals surface area contributed by atoms with E-state index in [1.165, 1.54) is 0 Å². The van der Waals surface area contributed by atoms with Gasteiger partial charge in [-0.05, 0) is 35.4 Å². The average Bonchev–Trinajstić information content (AvgIpc) is 3.08. The van der Waals surface area contributed by atoms with Crippen LogP contribution in [0.3, 0.4) is 0 Å². The number of benzene rings is 1. The fourth-order valence-corrected chi connectivity index (χ4v) is 2.14. The molecule has 8 heteroatoms. The third-order valence-corrected chi connectivity index (χ3v) is 3.09. The second-order valence-corrected chi connectivity index (χ2v) is 4.39. The first-order valence-corrected chi connectivity index (χ1v) is 6.20. The summed E-state index contributed by atoms with van der Waals surface area (Å²) >= 11 is 0. The second-order valence-electron chi connectivity index (χ2n) is 4.39. The average molecular weight is 271 g/mol. The topological polar surface area (TPSA) is 105 Å². The van der Waals surface area contributed by atoms with Crippen molar-refractivity contribution in [2.75, 3.05) is 0 Å². The van der Waals surface area contributed by atoms with Gasteiger partial charge < -0.3 is 0 Å². The van der Waals surface area contributed by atoms with Crippen LogP contribution in [0, 0.1) is 6.92 Å². The van der Waals surface area contributed by atoms with Crippen molar-refractivity contribution in [3.63, 3.8) is 0 Å². The van der Waals surface area contributed by atoms with E-state index in [-0.39, 0.29) is 5.69 Å². The van der Waals surface area contributed by atoms with Crippen LogP contribution < -0.4 is 5.69 Å². The van der Waals surface area contributed by atoms with Gasteiger partial charge in [0.15, 0.2) is 0 Å². The van der Waals surface area contributed by atoms with E-state index in [9.17, 15) is 4.79 Å². The number of aromatic amines is 2. The first kappa shape index (κ1) is 12.3. The Morgan fingerprint density at radius 1 is 1.20 bits per heavy atom. The number of nitrogens with zero attached hydrogens (tertiary/aromatic N) is 5. The molecule has 0 unspecified atom stereocenters. The van der Waals surface area contributed by atoms with Crippen molar-refractivity contribution in [1.82, 2.24) is 35.4 Å². The van der Waals surface area contributed by atoms with E-state index in [4.69, 9.17) is 0 Å². The highest BCUT2D eigenvalue weighted by Gasteiger charge is 2.11. The Balaban J connectivity index is 1.94. The van der Waals surface area contributed by atoms with Gasteiger partial charge in [-0.2, -0.15) is 5.10 Å². The lowest BCUT2D eigenvalue weighted by Gasteiger charge is -2.09. The summed E-state index contributed by atoms with van der Waals surface area (Å²) in [6.45, 7) is 1.79. The van der Waals surface area contributed by atoms with Gasteiger partial charge in [0, 0.05) is 6.42 Å². The molecule has 0 atom stereocenters. The molecule has 2 heterocycles. The molecule has 1 aromatic carbocycles. The molecule has 3 aromatic rings. The Bertz CT molecular complexity index is 756. The molecule has 0 aliphatic carbocycles. The van der Waals surface area contributed by atoms with Gasteiger partial charge in [-0.25, -0.2) is 19.6 Å². The lowest BCUT2D eigenvalue weighted by atomic mass is 10.1. The lowest BCUT2D eigenvalue weighted by molar-refractivity contribution is 0.843. The summed E-state index contributed by atoms with van der Waals surface area (Å²) in [6, 6.07) is 7.72. The van der Waals surface area contributed by atoms with E-state index in [0.29, 0.717) is 12.2 Å². The molecule has 8 nitrogen and oxygen atoms in total. The summed E-state index contributed by atoms with van der Waals surface area (Å²) < 4.78 is 1.56. The standard InChI is InChI=1S/C12H13N7O/c1-8-13-16-12(20)19(8)10-5-3-2-4-9(10)6-7-11-14-17-18-15-11/h2-5H,6-7H2,1H3,(H,16,20)(H,14,15,17,18). The van der Waals surface area contributed by atoms with Crippen molar-refractivity contribution in [2.24, 2.45) is 0 Å². The number of hydrogen-bond acceptors (Lipinski definition) is 5. The van der Waals surface area contributed by atoms with Crippen molar-refractivity contribution in [1.29, 1.82) is 0 Å². The minimum Gasteiger partial charge on any atom is -0.247 e. The van der Waals surface area contributed by atoms with Crippen LogP contribution in [0.2, 0.25) is 0 Å². The van der Waals surface area contributed by atoms with Crippen molar-refractivity contribution >= 4 is 0 Å². The van der Waals surface area contributed by atoms with Crippen LogP contribution in [0.25, 0.3) is 5.69 Å². The number of hydrogen-bond donors (Lipinski definition) is 2. The van der Waals surface area contributed by atoms with Crippen LogP contribution in [-0.2, 0) is 12.8 Å². The fraction of sp³-hybridized carbons (Fsp3) is 0.250. The summed E-state index contributed by atoms with van der Waals surface area (Å²) in [5, 5.41) is 20.0. The second kappa shape index (κ2) is 5.08. The minimum atomic E-state index is -0.240. The summed E-state index contributed by atoms with van der Waals surface area (Å²) in [4.78, 5) is 11.8. The summed E-state index contributed by atoms with van der Waals surface area (Å²) in [7, 11) is 0. The predicted octanol–water partition coefficient (Wildman–Crippen LogP) is 0.167. The molecule has 2 N–H and O–H groups in total. The predicted molar refractivity (Wildman–Crippen MR) is 70.5 cm³/mol. The number of aromatic nitrogens is 7. The van der Waals surface area contributed by atoms with Crippen LogP contribution in [0.5, 0.6) is 0 Å². The van der Waals surface area contributed by atoms with E-state index in [1.807, 2.05) is 24.3 Å². The van der Waals surface area contributed by atoms with Crippen molar-refractivity contribution in [3.05, 3.63) is 52.0 Å². The van der Waals surface area contributed by atoms with Gasteiger partial charge >= 0.3 is 5.69 Å². The molecule has 0 spiro atoms. The normalized spacial score (nSPS) is 10.8. The zero-order valence-electron chi connectivity index (χ0n) is 10.9. The van der Waals surface area contributed by atoms with Gasteiger partial charge in [-0.1, -0.05) is 18.2 Å². The van der Waals surface area contributed by atoms with Crippen LogP contribution in [0.1, 0.15) is 17.2 Å². The molecule has 0 saturated heterocycles. The Labute approximate surface area is 113 Å². The van der Waals surface area contributed by atoms with E-state index >= 15 is 0 Å².